The van der Waals surface area contributed by atoms with E-state index in [4.69, 9.17) is 0 Å². The lowest BCUT2D eigenvalue weighted by atomic mass is 9.74. The first-order valence-electron chi connectivity index (χ1n) is 6.24. The minimum Gasteiger partial charge on any atom is -0.396 e. The Labute approximate surface area is 117 Å². The summed E-state index contributed by atoms with van der Waals surface area (Å²) in [5.74, 6) is 0.00567. The Bertz CT molecular complexity index is 534. The van der Waals surface area contributed by atoms with Crippen LogP contribution >= 0.6 is 11.3 Å². The molecule has 0 aliphatic carbocycles. The summed E-state index contributed by atoms with van der Waals surface area (Å²) >= 11 is 1.48. The molecule has 1 aliphatic rings. The zero-order valence-electron chi connectivity index (χ0n) is 10.9. The molecule has 2 rings (SSSR count). The Balaban J connectivity index is 2.22. The van der Waals surface area contributed by atoms with E-state index in [-0.39, 0.29) is 30.6 Å². The number of aryl methyl sites for hydroxylation is 1. The van der Waals surface area contributed by atoms with Gasteiger partial charge in [-0.05, 0) is 19.3 Å². The molecule has 1 fully saturated rings. The highest BCUT2D eigenvalue weighted by Gasteiger charge is 2.44. The molecule has 1 unspecified atom stereocenters. The predicted octanol–water partition coefficient (Wildman–Crippen LogP) is 0.400. The van der Waals surface area contributed by atoms with E-state index in [1.807, 2.05) is 12.3 Å². The number of hydrogen-bond acceptors (Lipinski definition) is 6. The highest BCUT2D eigenvalue weighted by Crippen LogP contribution is 2.38. The molecule has 5 nitrogen and oxygen atoms in total. The maximum absolute atomic E-state index is 11.6. The number of nitrogens with zero attached hydrogens (tertiary/aromatic N) is 1. The van der Waals surface area contributed by atoms with Crippen LogP contribution in [-0.2, 0) is 16.3 Å². The van der Waals surface area contributed by atoms with Crippen LogP contribution in [0.5, 0.6) is 0 Å². The Morgan fingerprint density at radius 1 is 1.47 bits per heavy atom. The van der Waals surface area contributed by atoms with Crippen LogP contribution < -0.4 is 0 Å². The third kappa shape index (κ3) is 3.16. The molecular weight excluding hydrogens is 286 g/mol. The van der Waals surface area contributed by atoms with Crippen LogP contribution in [0.15, 0.2) is 5.38 Å². The molecule has 1 saturated heterocycles. The van der Waals surface area contributed by atoms with Gasteiger partial charge < -0.3 is 10.2 Å². The van der Waals surface area contributed by atoms with Gasteiger partial charge in [-0.3, -0.25) is 0 Å². The van der Waals surface area contributed by atoms with Crippen LogP contribution in [0.1, 0.15) is 17.1 Å². The van der Waals surface area contributed by atoms with Gasteiger partial charge in [-0.2, -0.15) is 0 Å². The lowest BCUT2D eigenvalue weighted by Crippen LogP contribution is -2.41. The summed E-state index contributed by atoms with van der Waals surface area (Å²) in [7, 11) is -3.03. The van der Waals surface area contributed by atoms with E-state index in [2.05, 4.69) is 4.98 Å². The average molecular weight is 305 g/mol. The molecular formula is C12H19NO4S2. The SMILES string of the molecule is Cc1csc(CC(CO)(CO)C2CCS(=O)(=O)C2)n1. The molecule has 0 aromatic carbocycles. The molecule has 0 saturated carbocycles. The number of sulfone groups is 1. The fourth-order valence-electron chi connectivity index (χ4n) is 2.63. The molecule has 0 bridgehead atoms. The minimum atomic E-state index is -3.03. The van der Waals surface area contributed by atoms with Crippen molar-refractivity contribution in [1.29, 1.82) is 0 Å². The minimum absolute atomic E-state index is 0.0540. The first-order chi connectivity index (χ1) is 8.91. The third-order valence-corrected chi connectivity index (χ3v) is 6.63. The molecule has 0 amide bonds. The first kappa shape index (κ1) is 14.9. The molecule has 1 aromatic rings. The lowest BCUT2D eigenvalue weighted by molar-refractivity contribution is 0.0124. The van der Waals surface area contributed by atoms with Gasteiger partial charge in [0.25, 0.3) is 0 Å². The highest BCUT2D eigenvalue weighted by atomic mass is 32.2. The van der Waals surface area contributed by atoms with Crippen molar-refractivity contribution in [2.45, 2.75) is 19.8 Å². The van der Waals surface area contributed by atoms with E-state index in [1.165, 1.54) is 11.3 Å². The molecule has 7 heteroatoms. The number of thiazole rings is 1. The van der Waals surface area contributed by atoms with Gasteiger partial charge in [-0.1, -0.05) is 0 Å². The van der Waals surface area contributed by atoms with Crippen molar-refractivity contribution >= 4 is 21.2 Å². The van der Waals surface area contributed by atoms with E-state index in [9.17, 15) is 18.6 Å². The van der Waals surface area contributed by atoms with Gasteiger partial charge in [-0.25, -0.2) is 13.4 Å². The first-order valence-corrected chi connectivity index (χ1v) is 8.94. The number of rotatable bonds is 5. The maximum atomic E-state index is 11.6. The standard InChI is InChI=1S/C12H19NO4S2/c1-9-5-18-11(13-9)4-12(7-14,8-15)10-2-3-19(16,17)6-10/h5,10,14-15H,2-4,6-8H2,1H3. The van der Waals surface area contributed by atoms with Gasteiger partial charge >= 0.3 is 0 Å². The van der Waals surface area contributed by atoms with Crippen molar-refractivity contribution in [3.05, 3.63) is 16.1 Å². The summed E-state index contributed by atoms with van der Waals surface area (Å²) in [6.07, 6.45) is 0.937. The van der Waals surface area contributed by atoms with Crippen molar-refractivity contribution in [2.24, 2.45) is 11.3 Å². The fourth-order valence-corrected chi connectivity index (χ4v) is 5.50. The lowest BCUT2D eigenvalue weighted by Gasteiger charge is -2.34. The molecule has 2 N–H and O–H groups in total. The third-order valence-electron chi connectivity index (χ3n) is 3.90. The van der Waals surface area contributed by atoms with Crippen LogP contribution in [-0.4, -0.2) is 48.3 Å². The Morgan fingerprint density at radius 3 is 2.58 bits per heavy atom. The monoisotopic (exact) mass is 305 g/mol. The van der Waals surface area contributed by atoms with Crippen LogP contribution in [0.4, 0.5) is 0 Å². The number of aliphatic hydroxyl groups excluding tert-OH is 2. The van der Waals surface area contributed by atoms with Gasteiger partial charge in [0, 0.05) is 22.9 Å². The van der Waals surface area contributed by atoms with E-state index in [1.54, 1.807) is 0 Å². The summed E-state index contributed by atoms with van der Waals surface area (Å²) in [6, 6.07) is 0. The molecule has 1 aromatic heterocycles. The van der Waals surface area contributed by atoms with Gasteiger partial charge in [0.15, 0.2) is 9.84 Å². The van der Waals surface area contributed by atoms with E-state index in [0.29, 0.717) is 12.8 Å². The van der Waals surface area contributed by atoms with Crippen molar-refractivity contribution in [1.82, 2.24) is 4.98 Å². The number of aromatic nitrogens is 1. The zero-order valence-corrected chi connectivity index (χ0v) is 12.5. The largest absolute Gasteiger partial charge is 0.396 e. The normalized spacial score (nSPS) is 22.8. The second-order valence-electron chi connectivity index (χ2n) is 5.34. The summed E-state index contributed by atoms with van der Waals surface area (Å²) in [5, 5.41) is 22.1. The van der Waals surface area contributed by atoms with E-state index < -0.39 is 15.3 Å². The molecule has 108 valence electrons. The highest BCUT2D eigenvalue weighted by molar-refractivity contribution is 7.91. The van der Waals surface area contributed by atoms with Gasteiger partial charge in [0.2, 0.25) is 0 Å². The van der Waals surface area contributed by atoms with Crippen LogP contribution in [0, 0.1) is 18.3 Å². The molecule has 2 heterocycles. The summed E-state index contributed by atoms with van der Waals surface area (Å²) < 4.78 is 23.2. The van der Waals surface area contributed by atoms with E-state index >= 15 is 0 Å². The van der Waals surface area contributed by atoms with Crippen molar-refractivity contribution in [3.63, 3.8) is 0 Å². The Hall–Kier alpha value is -0.500. The molecule has 1 aliphatic heterocycles. The van der Waals surface area contributed by atoms with Gasteiger partial charge in [-0.15, -0.1) is 11.3 Å². The fraction of sp³-hybridized carbons (Fsp3) is 0.750. The van der Waals surface area contributed by atoms with Crippen LogP contribution in [0.2, 0.25) is 0 Å². The predicted molar refractivity (Wildman–Crippen MR) is 73.9 cm³/mol. The van der Waals surface area contributed by atoms with Crippen LogP contribution in [0.3, 0.4) is 0 Å². The van der Waals surface area contributed by atoms with Crippen molar-refractivity contribution in [3.8, 4) is 0 Å². The quantitative estimate of drug-likeness (QED) is 0.822. The molecule has 19 heavy (non-hydrogen) atoms. The number of aliphatic hydroxyl groups is 2. The Kier molecular flexibility index (Phi) is 4.29. The summed E-state index contributed by atoms with van der Waals surface area (Å²) in [4.78, 5) is 4.35. The van der Waals surface area contributed by atoms with Crippen molar-refractivity contribution in [2.75, 3.05) is 24.7 Å². The second kappa shape index (κ2) is 5.47. The van der Waals surface area contributed by atoms with Crippen LogP contribution in [0.25, 0.3) is 0 Å². The smallest absolute Gasteiger partial charge is 0.150 e. The number of hydrogen-bond donors (Lipinski definition) is 2. The second-order valence-corrected chi connectivity index (χ2v) is 8.51. The molecule has 0 spiro atoms. The van der Waals surface area contributed by atoms with E-state index in [0.717, 1.165) is 10.7 Å². The molecule has 1 atom stereocenters. The average Bonchev–Trinajstić information content (AvgIpc) is 2.92. The topological polar surface area (TPSA) is 87.5 Å². The van der Waals surface area contributed by atoms with Crippen molar-refractivity contribution < 1.29 is 18.6 Å². The zero-order chi connectivity index (χ0) is 14.1. The Morgan fingerprint density at radius 2 is 2.16 bits per heavy atom. The van der Waals surface area contributed by atoms with Gasteiger partial charge in [0.05, 0.1) is 29.7 Å². The molecule has 0 radical (unpaired) electrons. The van der Waals surface area contributed by atoms with Gasteiger partial charge in [0.1, 0.15) is 0 Å². The summed E-state index contributed by atoms with van der Waals surface area (Å²) in [5.41, 5.74) is 0.122. The summed E-state index contributed by atoms with van der Waals surface area (Å²) in [6.45, 7) is 1.45. The maximum Gasteiger partial charge on any atom is 0.150 e.